The molecule has 0 bridgehead atoms. The number of carbonyl (C=O) groups excluding carboxylic acids is 1. The smallest absolute Gasteiger partial charge is 0.235 e. The summed E-state index contributed by atoms with van der Waals surface area (Å²) in [5.74, 6) is -1.05. The van der Waals surface area contributed by atoms with Crippen LogP contribution in [-0.4, -0.2) is 29.4 Å². The second-order valence-electron chi connectivity index (χ2n) is 4.47. The van der Waals surface area contributed by atoms with Crippen molar-refractivity contribution in [1.82, 2.24) is 9.78 Å². The van der Waals surface area contributed by atoms with Crippen molar-refractivity contribution in [2.75, 3.05) is 0 Å². The maximum absolute atomic E-state index is 11.9. The first-order valence-electron chi connectivity index (χ1n) is 6.00. The normalized spacial score (nSPS) is 13.1. The van der Waals surface area contributed by atoms with Gasteiger partial charge in [-0.3, -0.25) is 4.79 Å². The van der Waals surface area contributed by atoms with Gasteiger partial charge in [-0.05, 0) is 30.7 Å². The van der Waals surface area contributed by atoms with Crippen molar-refractivity contribution < 1.29 is 13.2 Å². The summed E-state index contributed by atoms with van der Waals surface area (Å²) in [5.41, 5.74) is 6.47. The van der Waals surface area contributed by atoms with Gasteiger partial charge >= 0.3 is 0 Å². The molecule has 0 radical (unpaired) electrons. The van der Waals surface area contributed by atoms with E-state index in [2.05, 4.69) is 5.10 Å². The van der Waals surface area contributed by atoms with E-state index in [9.17, 15) is 13.2 Å². The lowest BCUT2D eigenvalue weighted by Crippen LogP contribution is -2.33. The molecule has 0 saturated carbocycles. The standard InChI is InChI=1S/C13H15N3O3S/c1-10(13(14)17)20(18,19)9-11-3-5-12(6-4-11)16-8-2-7-15-16/h2-8,10H,9H2,1H3,(H2,14,17)/t10-/m1/s1. The van der Waals surface area contributed by atoms with Crippen molar-refractivity contribution in [2.24, 2.45) is 5.73 Å². The average Bonchev–Trinajstić information content (AvgIpc) is 2.92. The lowest BCUT2D eigenvalue weighted by atomic mass is 10.2. The highest BCUT2D eigenvalue weighted by Gasteiger charge is 2.25. The van der Waals surface area contributed by atoms with Gasteiger partial charge in [0.25, 0.3) is 0 Å². The Morgan fingerprint density at radius 1 is 1.35 bits per heavy atom. The molecule has 0 fully saturated rings. The van der Waals surface area contributed by atoms with Crippen LogP contribution in [0.1, 0.15) is 12.5 Å². The predicted molar refractivity (Wildman–Crippen MR) is 74.8 cm³/mol. The molecule has 2 N–H and O–H groups in total. The van der Waals surface area contributed by atoms with Crippen LogP contribution in [0.2, 0.25) is 0 Å². The Kier molecular flexibility index (Phi) is 3.89. The van der Waals surface area contributed by atoms with Crippen molar-refractivity contribution in [3.05, 3.63) is 48.3 Å². The Bertz CT molecular complexity index is 691. The zero-order chi connectivity index (χ0) is 14.8. The summed E-state index contributed by atoms with van der Waals surface area (Å²) in [7, 11) is -3.58. The van der Waals surface area contributed by atoms with Crippen molar-refractivity contribution in [3.8, 4) is 5.69 Å². The van der Waals surface area contributed by atoms with Gasteiger partial charge in [0.05, 0.1) is 11.4 Å². The van der Waals surface area contributed by atoms with E-state index < -0.39 is 21.0 Å². The molecule has 0 saturated heterocycles. The summed E-state index contributed by atoms with van der Waals surface area (Å²) in [6, 6.07) is 8.73. The SMILES string of the molecule is C[C@H](C(N)=O)S(=O)(=O)Cc1ccc(-n2cccn2)cc1. The summed E-state index contributed by atoms with van der Waals surface area (Å²) in [5, 5.41) is 2.89. The number of carbonyl (C=O) groups is 1. The lowest BCUT2D eigenvalue weighted by molar-refractivity contribution is -0.117. The van der Waals surface area contributed by atoms with E-state index in [0.29, 0.717) is 5.56 Å². The molecule has 0 unspecified atom stereocenters. The number of hydrogen-bond acceptors (Lipinski definition) is 4. The molecule has 0 aliphatic heterocycles. The second-order valence-corrected chi connectivity index (χ2v) is 6.79. The van der Waals surface area contributed by atoms with Crippen molar-refractivity contribution >= 4 is 15.7 Å². The zero-order valence-electron chi connectivity index (χ0n) is 10.9. The minimum absolute atomic E-state index is 0.212. The first-order chi connectivity index (χ1) is 9.40. The highest BCUT2D eigenvalue weighted by molar-refractivity contribution is 7.92. The van der Waals surface area contributed by atoms with E-state index in [1.807, 2.05) is 0 Å². The van der Waals surface area contributed by atoms with Crippen molar-refractivity contribution in [3.63, 3.8) is 0 Å². The molecule has 1 aromatic heterocycles. The molecule has 0 spiro atoms. The largest absolute Gasteiger partial charge is 0.369 e. The number of primary amides is 1. The Morgan fingerprint density at radius 3 is 2.50 bits per heavy atom. The molecule has 1 aromatic carbocycles. The van der Waals surface area contributed by atoms with Crippen LogP contribution in [-0.2, 0) is 20.4 Å². The Labute approximate surface area is 117 Å². The van der Waals surface area contributed by atoms with Crippen molar-refractivity contribution in [1.29, 1.82) is 0 Å². The summed E-state index contributed by atoms with van der Waals surface area (Å²) >= 11 is 0. The van der Waals surface area contributed by atoms with Gasteiger partial charge in [0.2, 0.25) is 5.91 Å². The molecule has 0 aliphatic rings. The first kappa shape index (κ1) is 14.3. The molecule has 1 atom stereocenters. The van der Waals surface area contributed by atoms with Crippen LogP contribution in [0.15, 0.2) is 42.7 Å². The van der Waals surface area contributed by atoms with Gasteiger partial charge in [0.1, 0.15) is 5.25 Å². The van der Waals surface area contributed by atoms with Crippen LogP contribution >= 0.6 is 0 Å². The third kappa shape index (κ3) is 3.05. The van der Waals surface area contributed by atoms with Gasteiger partial charge in [0.15, 0.2) is 9.84 Å². The topological polar surface area (TPSA) is 95.0 Å². The number of amides is 1. The number of nitrogens with two attached hydrogens (primary N) is 1. The number of rotatable bonds is 5. The fourth-order valence-corrected chi connectivity index (χ4v) is 2.96. The molecular weight excluding hydrogens is 278 g/mol. The predicted octanol–water partition coefficient (Wildman–Crippen LogP) is 0.661. The number of benzene rings is 1. The molecule has 7 heteroatoms. The Hall–Kier alpha value is -2.15. The van der Waals surface area contributed by atoms with Crippen LogP contribution < -0.4 is 5.73 Å². The number of hydrogen-bond donors (Lipinski definition) is 1. The molecule has 20 heavy (non-hydrogen) atoms. The van der Waals surface area contributed by atoms with Crippen LogP contribution in [0.4, 0.5) is 0 Å². The molecular formula is C13H15N3O3S. The Morgan fingerprint density at radius 2 is 2.00 bits per heavy atom. The summed E-state index contributed by atoms with van der Waals surface area (Å²) in [4.78, 5) is 11.0. The van der Waals surface area contributed by atoms with E-state index in [-0.39, 0.29) is 5.75 Å². The molecule has 1 amide bonds. The van der Waals surface area contributed by atoms with Gasteiger partial charge < -0.3 is 5.73 Å². The molecule has 2 rings (SSSR count). The van der Waals surface area contributed by atoms with Crippen LogP contribution in [0.3, 0.4) is 0 Å². The van der Waals surface area contributed by atoms with Gasteiger partial charge in [-0.1, -0.05) is 12.1 Å². The third-order valence-corrected chi connectivity index (χ3v) is 5.06. The summed E-state index contributed by atoms with van der Waals surface area (Å²) in [6.07, 6.45) is 3.45. The molecule has 0 aliphatic carbocycles. The molecule has 1 heterocycles. The van der Waals surface area contributed by atoms with Crippen LogP contribution in [0.5, 0.6) is 0 Å². The second kappa shape index (κ2) is 5.46. The van der Waals surface area contributed by atoms with Gasteiger partial charge in [-0.2, -0.15) is 5.10 Å². The molecule has 6 nitrogen and oxygen atoms in total. The van der Waals surface area contributed by atoms with Crippen molar-refractivity contribution in [2.45, 2.75) is 17.9 Å². The number of sulfone groups is 1. The van der Waals surface area contributed by atoms with E-state index in [1.54, 1.807) is 47.4 Å². The first-order valence-corrected chi connectivity index (χ1v) is 7.71. The third-order valence-electron chi connectivity index (χ3n) is 3.01. The van der Waals surface area contributed by atoms with E-state index in [0.717, 1.165) is 5.69 Å². The fraction of sp³-hybridized carbons (Fsp3) is 0.231. The van der Waals surface area contributed by atoms with E-state index >= 15 is 0 Å². The number of nitrogens with zero attached hydrogens (tertiary/aromatic N) is 2. The summed E-state index contributed by atoms with van der Waals surface area (Å²) in [6.45, 7) is 1.30. The molecule has 106 valence electrons. The van der Waals surface area contributed by atoms with E-state index in [1.165, 1.54) is 6.92 Å². The molecule has 2 aromatic rings. The fourth-order valence-electron chi connectivity index (χ4n) is 1.70. The minimum Gasteiger partial charge on any atom is -0.369 e. The average molecular weight is 293 g/mol. The minimum atomic E-state index is -3.58. The highest BCUT2D eigenvalue weighted by atomic mass is 32.2. The summed E-state index contributed by atoms with van der Waals surface area (Å²) < 4.78 is 25.5. The maximum atomic E-state index is 11.9. The van der Waals surface area contributed by atoms with Gasteiger partial charge in [-0.25, -0.2) is 13.1 Å². The lowest BCUT2D eigenvalue weighted by Gasteiger charge is -2.10. The quantitative estimate of drug-likeness (QED) is 0.876. The zero-order valence-corrected chi connectivity index (χ0v) is 11.7. The maximum Gasteiger partial charge on any atom is 0.235 e. The van der Waals surface area contributed by atoms with Gasteiger partial charge in [-0.15, -0.1) is 0 Å². The monoisotopic (exact) mass is 293 g/mol. The van der Waals surface area contributed by atoms with Crippen LogP contribution in [0, 0.1) is 0 Å². The number of aromatic nitrogens is 2. The van der Waals surface area contributed by atoms with Gasteiger partial charge in [0, 0.05) is 12.4 Å². The van der Waals surface area contributed by atoms with E-state index in [4.69, 9.17) is 5.73 Å². The van der Waals surface area contributed by atoms with Crippen LogP contribution in [0.25, 0.3) is 5.69 Å². The highest BCUT2D eigenvalue weighted by Crippen LogP contribution is 2.14. The Balaban J connectivity index is 2.18.